The second kappa shape index (κ2) is 8.75. The van der Waals surface area contributed by atoms with Crippen LogP contribution < -0.4 is 5.32 Å². The van der Waals surface area contributed by atoms with E-state index in [4.69, 9.17) is 0 Å². The number of fused-ring (bicyclic) bond motifs is 1. The topological polar surface area (TPSA) is 55.6 Å². The van der Waals surface area contributed by atoms with Gasteiger partial charge < -0.3 is 5.32 Å². The molecule has 5 nitrogen and oxygen atoms in total. The van der Waals surface area contributed by atoms with Gasteiger partial charge in [-0.15, -0.1) is 10.2 Å². The Kier molecular flexibility index (Phi) is 5.64. The summed E-state index contributed by atoms with van der Waals surface area (Å²) in [4.78, 5) is 0. The van der Waals surface area contributed by atoms with E-state index in [1.54, 1.807) is 17.6 Å². The van der Waals surface area contributed by atoms with Crippen LogP contribution in [0.2, 0.25) is 0 Å². The third kappa shape index (κ3) is 4.36. The van der Waals surface area contributed by atoms with Gasteiger partial charge in [0.25, 0.3) is 0 Å². The minimum absolute atomic E-state index is 0.117. The van der Waals surface area contributed by atoms with Gasteiger partial charge in [0, 0.05) is 17.8 Å². The van der Waals surface area contributed by atoms with E-state index in [0.717, 1.165) is 28.3 Å². The third-order valence-electron chi connectivity index (χ3n) is 5.97. The highest BCUT2D eigenvalue weighted by Gasteiger charge is 2.32. The summed E-state index contributed by atoms with van der Waals surface area (Å²) in [6.45, 7) is 5.28. The summed E-state index contributed by atoms with van der Waals surface area (Å²) in [7, 11) is 0. The van der Waals surface area contributed by atoms with Crippen LogP contribution in [0.1, 0.15) is 30.9 Å². The maximum absolute atomic E-state index is 13.4. The first kappa shape index (κ1) is 21.3. The van der Waals surface area contributed by atoms with E-state index < -0.39 is 0 Å². The number of rotatable bonds is 7. The number of anilines is 1. The molecule has 1 N–H and O–H groups in total. The van der Waals surface area contributed by atoms with Gasteiger partial charge in [0.2, 0.25) is 5.13 Å². The highest BCUT2D eigenvalue weighted by atomic mass is 32.1. The van der Waals surface area contributed by atoms with Gasteiger partial charge in [-0.05, 0) is 52.9 Å². The van der Waals surface area contributed by atoms with Crippen molar-refractivity contribution in [2.24, 2.45) is 5.41 Å². The molecule has 0 fully saturated rings. The average Bonchev–Trinajstić information content (AvgIpc) is 3.49. The molecule has 0 spiro atoms. The summed E-state index contributed by atoms with van der Waals surface area (Å²) >= 11 is 1.50. The molecule has 0 aliphatic carbocycles. The van der Waals surface area contributed by atoms with Crippen LogP contribution in [0.4, 0.5) is 9.52 Å². The second-order valence-corrected chi connectivity index (χ2v) is 9.61. The van der Waals surface area contributed by atoms with E-state index in [9.17, 15) is 4.39 Å². The minimum atomic E-state index is -0.257. The number of nitrogens with one attached hydrogen (secondary N) is 1. The van der Waals surface area contributed by atoms with Crippen molar-refractivity contribution in [1.29, 1.82) is 0 Å². The molecule has 2 aromatic heterocycles. The number of halogens is 1. The molecule has 0 saturated carbocycles. The average molecular weight is 458 g/mol. The molecule has 1 unspecified atom stereocenters. The molecule has 0 aliphatic rings. The molecule has 7 heteroatoms. The molecule has 2 heterocycles. The number of aromatic nitrogens is 4. The zero-order valence-electron chi connectivity index (χ0n) is 18.4. The van der Waals surface area contributed by atoms with Crippen molar-refractivity contribution >= 4 is 27.4 Å². The number of benzene rings is 3. The summed E-state index contributed by atoms with van der Waals surface area (Å²) in [5.41, 5.74) is 5.91. The van der Waals surface area contributed by atoms with Crippen LogP contribution in [0.5, 0.6) is 0 Å². The Morgan fingerprint density at radius 1 is 1.00 bits per heavy atom. The van der Waals surface area contributed by atoms with Gasteiger partial charge in [-0.1, -0.05) is 61.6 Å². The second-order valence-electron chi connectivity index (χ2n) is 8.78. The number of hydrogen-bond acceptors (Lipinski definition) is 5. The summed E-state index contributed by atoms with van der Waals surface area (Å²) in [6.07, 6.45) is 1.87. The van der Waals surface area contributed by atoms with Gasteiger partial charge in [-0.25, -0.2) is 9.07 Å². The molecule has 0 saturated heterocycles. The van der Waals surface area contributed by atoms with Crippen molar-refractivity contribution in [3.63, 3.8) is 0 Å². The zero-order chi connectivity index (χ0) is 22.8. The van der Waals surface area contributed by atoms with Crippen LogP contribution in [0.15, 0.2) is 84.5 Å². The first-order chi connectivity index (χ1) is 16.0. The Morgan fingerprint density at radius 2 is 1.79 bits per heavy atom. The summed E-state index contributed by atoms with van der Waals surface area (Å²) in [5.74, 6) is -0.106. The van der Waals surface area contributed by atoms with E-state index in [0.29, 0.717) is 0 Å². The lowest BCUT2D eigenvalue weighted by atomic mass is 9.71. The molecule has 0 radical (unpaired) electrons. The van der Waals surface area contributed by atoms with Crippen LogP contribution in [-0.4, -0.2) is 26.5 Å². The normalized spacial score (nSPS) is 12.7. The lowest BCUT2D eigenvalue weighted by Crippen LogP contribution is -2.31. The van der Waals surface area contributed by atoms with Crippen molar-refractivity contribution in [1.82, 2.24) is 20.0 Å². The Labute approximate surface area is 195 Å². The van der Waals surface area contributed by atoms with E-state index >= 15 is 0 Å². The molecule has 0 amide bonds. The highest BCUT2D eigenvalue weighted by Crippen LogP contribution is 2.42. The molecule has 3 aromatic carbocycles. The predicted molar refractivity (Wildman–Crippen MR) is 131 cm³/mol. The number of nitrogens with zero attached hydrogens (tertiary/aromatic N) is 4. The van der Waals surface area contributed by atoms with Crippen molar-refractivity contribution in [2.75, 3.05) is 11.9 Å². The molecular formula is C26H24FN5S. The van der Waals surface area contributed by atoms with Gasteiger partial charge in [-0.3, -0.25) is 0 Å². The van der Waals surface area contributed by atoms with E-state index in [-0.39, 0.29) is 17.2 Å². The third-order valence-corrected chi connectivity index (χ3v) is 6.62. The summed E-state index contributed by atoms with van der Waals surface area (Å²) < 4.78 is 15.2. The van der Waals surface area contributed by atoms with Gasteiger partial charge in [0.1, 0.15) is 11.3 Å². The van der Waals surface area contributed by atoms with E-state index in [2.05, 4.69) is 76.9 Å². The maximum Gasteiger partial charge on any atom is 0.205 e. The fourth-order valence-electron chi connectivity index (χ4n) is 4.41. The Morgan fingerprint density at radius 3 is 2.52 bits per heavy atom. The maximum atomic E-state index is 13.4. The molecule has 33 heavy (non-hydrogen) atoms. The Bertz CT molecular complexity index is 1350. The van der Waals surface area contributed by atoms with Crippen molar-refractivity contribution in [3.05, 3.63) is 101 Å². The molecule has 0 aliphatic heterocycles. The molecule has 5 rings (SSSR count). The van der Waals surface area contributed by atoms with Crippen molar-refractivity contribution in [2.45, 2.75) is 19.8 Å². The van der Waals surface area contributed by atoms with Crippen LogP contribution >= 0.6 is 11.3 Å². The van der Waals surface area contributed by atoms with E-state index in [1.165, 1.54) is 34.6 Å². The van der Waals surface area contributed by atoms with Crippen molar-refractivity contribution in [3.8, 4) is 5.69 Å². The first-order valence-electron chi connectivity index (χ1n) is 10.8. The molecule has 0 bridgehead atoms. The minimum Gasteiger partial charge on any atom is -0.360 e. The van der Waals surface area contributed by atoms with Gasteiger partial charge in [-0.2, -0.15) is 5.10 Å². The SMILES string of the molecule is CC(C)(CNc1nncs1)C(c1ccccc1)c1ccc2c(cnn2-c2ccc(F)cc2)c1. The quantitative estimate of drug-likeness (QED) is 0.312. The fraction of sp³-hybridized carbons (Fsp3) is 0.192. The van der Waals surface area contributed by atoms with Gasteiger partial charge in [0.05, 0.1) is 17.4 Å². The lowest BCUT2D eigenvalue weighted by molar-refractivity contribution is 0.340. The van der Waals surface area contributed by atoms with E-state index in [1.807, 2.05) is 16.9 Å². The molecule has 5 aromatic rings. The van der Waals surface area contributed by atoms with Gasteiger partial charge >= 0.3 is 0 Å². The summed E-state index contributed by atoms with van der Waals surface area (Å²) in [5, 5.41) is 17.9. The molecule has 166 valence electrons. The van der Waals surface area contributed by atoms with Crippen LogP contribution in [0.3, 0.4) is 0 Å². The molecular weight excluding hydrogens is 433 g/mol. The highest BCUT2D eigenvalue weighted by molar-refractivity contribution is 7.13. The lowest BCUT2D eigenvalue weighted by Gasteiger charge is -2.35. The molecule has 1 atom stereocenters. The monoisotopic (exact) mass is 457 g/mol. The Hall–Kier alpha value is -3.58. The number of hydrogen-bond donors (Lipinski definition) is 1. The predicted octanol–water partition coefficient (Wildman–Crippen LogP) is 6.29. The fourth-order valence-corrected chi connectivity index (χ4v) is 4.86. The first-order valence-corrected chi connectivity index (χ1v) is 11.7. The van der Waals surface area contributed by atoms with Crippen LogP contribution in [-0.2, 0) is 0 Å². The zero-order valence-corrected chi connectivity index (χ0v) is 19.3. The van der Waals surface area contributed by atoms with Crippen molar-refractivity contribution < 1.29 is 4.39 Å². The van der Waals surface area contributed by atoms with Crippen LogP contribution in [0.25, 0.3) is 16.6 Å². The van der Waals surface area contributed by atoms with Gasteiger partial charge in [0.15, 0.2) is 0 Å². The summed E-state index contributed by atoms with van der Waals surface area (Å²) in [6, 6.07) is 23.5. The standard InChI is InChI=1S/C26H24FN5S/c1-26(2,16-28-25-31-29-17-33-25)24(18-6-4-3-5-7-18)19-8-13-23-20(14-19)15-30-32(23)22-11-9-21(27)10-12-22/h3-15,17,24H,16H2,1-2H3,(H,28,31). The largest absolute Gasteiger partial charge is 0.360 e. The van der Waals surface area contributed by atoms with Crippen LogP contribution in [0, 0.1) is 11.2 Å². The smallest absolute Gasteiger partial charge is 0.205 e. The Balaban J connectivity index is 1.53.